The van der Waals surface area contributed by atoms with Crippen LogP contribution in [0, 0.1) is 0 Å². The van der Waals surface area contributed by atoms with Crippen LogP contribution < -0.4 is 5.32 Å². The van der Waals surface area contributed by atoms with Gasteiger partial charge >= 0.3 is 5.97 Å². The number of allylic oxidation sites excluding steroid dienone is 4. The molecule has 3 N–H and O–H groups in total. The van der Waals surface area contributed by atoms with Gasteiger partial charge in [-0.2, -0.15) is 0 Å². The molecule has 0 aliphatic carbocycles. The van der Waals surface area contributed by atoms with E-state index in [4.69, 9.17) is 4.74 Å². The van der Waals surface area contributed by atoms with Crippen molar-refractivity contribution in [3.8, 4) is 0 Å². The number of amides is 1. The fourth-order valence-electron chi connectivity index (χ4n) is 9.39. The molecule has 0 saturated heterocycles. The number of rotatable bonds is 56. The molecule has 67 heavy (non-hydrogen) atoms. The van der Waals surface area contributed by atoms with Gasteiger partial charge in [-0.3, -0.25) is 9.59 Å². The summed E-state index contributed by atoms with van der Waals surface area (Å²) < 4.78 is 5.46. The highest BCUT2D eigenvalue weighted by Crippen LogP contribution is 2.18. The van der Waals surface area contributed by atoms with Crippen molar-refractivity contribution in [2.45, 2.75) is 341 Å². The van der Waals surface area contributed by atoms with E-state index >= 15 is 0 Å². The Morgan fingerprint density at radius 3 is 1.19 bits per heavy atom. The largest absolute Gasteiger partial charge is 0.466 e. The number of unbranched alkanes of at least 4 members (excludes halogenated alkanes) is 41. The summed E-state index contributed by atoms with van der Waals surface area (Å²) in [7, 11) is 0. The molecule has 0 rings (SSSR count). The van der Waals surface area contributed by atoms with Crippen LogP contribution in [0.5, 0.6) is 0 Å². The van der Waals surface area contributed by atoms with Gasteiger partial charge in [0.1, 0.15) is 0 Å². The second-order valence-corrected chi connectivity index (χ2v) is 20.7. The average molecular weight is 945 g/mol. The molecule has 1 amide bonds. The molecule has 396 valence electrons. The molecule has 6 nitrogen and oxygen atoms in total. The summed E-state index contributed by atoms with van der Waals surface area (Å²) in [6, 6.07) is -0.549. The molecular formula is C61H117NO5. The molecule has 0 bridgehead atoms. The van der Waals surface area contributed by atoms with Gasteiger partial charge in [0, 0.05) is 12.8 Å². The van der Waals surface area contributed by atoms with E-state index in [1.54, 1.807) is 0 Å². The van der Waals surface area contributed by atoms with Crippen LogP contribution >= 0.6 is 0 Å². The molecule has 0 spiro atoms. The minimum Gasteiger partial charge on any atom is -0.466 e. The monoisotopic (exact) mass is 944 g/mol. The second-order valence-electron chi connectivity index (χ2n) is 20.7. The fourth-order valence-corrected chi connectivity index (χ4v) is 9.39. The molecule has 0 heterocycles. The number of esters is 1. The predicted molar refractivity (Wildman–Crippen MR) is 292 cm³/mol. The highest BCUT2D eigenvalue weighted by Gasteiger charge is 2.20. The number of carbonyl (C=O) groups excluding carboxylic acids is 2. The Bertz CT molecular complexity index is 1040. The molecule has 0 aliphatic heterocycles. The third kappa shape index (κ3) is 53.5. The molecule has 0 fully saturated rings. The minimum absolute atomic E-state index is 0.0139. The van der Waals surface area contributed by atoms with E-state index in [1.807, 2.05) is 0 Å². The summed E-state index contributed by atoms with van der Waals surface area (Å²) in [5.74, 6) is -0.0548. The molecule has 2 unspecified atom stereocenters. The van der Waals surface area contributed by atoms with Gasteiger partial charge in [0.05, 0.1) is 25.4 Å². The van der Waals surface area contributed by atoms with Crippen LogP contribution in [0.2, 0.25) is 0 Å². The summed E-state index contributed by atoms with van der Waals surface area (Å²) in [4.78, 5) is 24.5. The van der Waals surface area contributed by atoms with Crippen LogP contribution in [0.3, 0.4) is 0 Å². The maximum atomic E-state index is 12.5. The van der Waals surface area contributed by atoms with Crippen LogP contribution in [-0.4, -0.2) is 47.4 Å². The second kappa shape index (κ2) is 56.9. The molecular weight excluding hydrogens is 827 g/mol. The van der Waals surface area contributed by atoms with Crippen LogP contribution in [0.1, 0.15) is 328 Å². The zero-order valence-corrected chi connectivity index (χ0v) is 45.1. The Balaban J connectivity index is 3.44. The normalized spacial score (nSPS) is 12.7. The summed E-state index contributed by atoms with van der Waals surface area (Å²) in [5.41, 5.74) is 0. The standard InChI is InChI=1S/C61H117NO5/c1-3-5-7-9-11-13-15-17-18-19-20-21-22-23-24-26-30-33-37-41-45-49-53-59(64)58(57-63)62-60(65)54-50-46-42-38-34-31-27-25-28-32-36-40-44-48-52-56-67-61(66)55-51-47-43-39-35-29-16-14-12-10-8-6-4-2/h8,10,14,16,58-59,63-64H,3-7,9,11-13,15,17-57H2,1-2H3,(H,62,65)/b10-8-,16-14-. The van der Waals surface area contributed by atoms with Gasteiger partial charge in [-0.05, 0) is 51.4 Å². The lowest BCUT2D eigenvalue weighted by molar-refractivity contribution is -0.143. The Morgan fingerprint density at radius 1 is 0.418 bits per heavy atom. The lowest BCUT2D eigenvalue weighted by Crippen LogP contribution is -2.45. The quantitative estimate of drug-likeness (QED) is 0.0321. The van der Waals surface area contributed by atoms with E-state index in [2.05, 4.69) is 43.5 Å². The van der Waals surface area contributed by atoms with Crippen LogP contribution in [0.4, 0.5) is 0 Å². The Hall–Kier alpha value is -1.66. The van der Waals surface area contributed by atoms with Crippen LogP contribution in [-0.2, 0) is 14.3 Å². The molecule has 0 aromatic rings. The summed E-state index contributed by atoms with van der Waals surface area (Å²) in [5, 5.41) is 23.4. The Morgan fingerprint density at radius 2 is 0.776 bits per heavy atom. The van der Waals surface area contributed by atoms with Crippen LogP contribution in [0.25, 0.3) is 0 Å². The number of nitrogens with one attached hydrogen (secondary N) is 1. The summed E-state index contributed by atoms with van der Waals surface area (Å²) >= 11 is 0. The van der Waals surface area contributed by atoms with Crippen molar-refractivity contribution >= 4 is 11.9 Å². The van der Waals surface area contributed by atoms with Gasteiger partial charge < -0.3 is 20.3 Å². The van der Waals surface area contributed by atoms with Crippen molar-refractivity contribution in [3.63, 3.8) is 0 Å². The van der Waals surface area contributed by atoms with Gasteiger partial charge in [0.15, 0.2) is 0 Å². The minimum atomic E-state index is -0.671. The van der Waals surface area contributed by atoms with Gasteiger partial charge in [0.2, 0.25) is 5.91 Å². The lowest BCUT2D eigenvalue weighted by Gasteiger charge is -2.22. The lowest BCUT2D eigenvalue weighted by atomic mass is 10.0. The first-order valence-electron chi connectivity index (χ1n) is 30.1. The maximum Gasteiger partial charge on any atom is 0.305 e. The number of carbonyl (C=O) groups is 2. The molecule has 0 aromatic heterocycles. The summed E-state index contributed by atoms with van der Waals surface area (Å²) in [6.07, 6.45) is 68.9. The smallest absolute Gasteiger partial charge is 0.305 e. The fraction of sp³-hybridized carbons (Fsp3) is 0.902. The van der Waals surface area contributed by atoms with E-state index in [0.717, 1.165) is 57.8 Å². The number of aliphatic hydroxyl groups is 2. The summed E-state index contributed by atoms with van der Waals surface area (Å²) in [6.45, 7) is 4.89. The highest BCUT2D eigenvalue weighted by atomic mass is 16.5. The first kappa shape index (κ1) is 65.3. The van der Waals surface area contributed by atoms with Crippen molar-refractivity contribution in [2.75, 3.05) is 13.2 Å². The third-order valence-corrected chi connectivity index (χ3v) is 14.0. The van der Waals surface area contributed by atoms with Crippen molar-refractivity contribution in [2.24, 2.45) is 0 Å². The van der Waals surface area contributed by atoms with E-state index in [-0.39, 0.29) is 18.5 Å². The molecule has 0 aromatic carbocycles. The van der Waals surface area contributed by atoms with E-state index in [0.29, 0.717) is 25.9 Å². The number of ether oxygens (including phenoxy) is 1. The number of hydrogen-bond donors (Lipinski definition) is 3. The number of aliphatic hydroxyl groups excluding tert-OH is 2. The molecule has 0 radical (unpaired) electrons. The molecule has 2 atom stereocenters. The molecule has 0 saturated carbocycles. The van der Waals surface area contributed by atoms with Crippen molar-refractivity contribution < 1.29 is 24.5 Å². The first-order chi connectivity index (χ1) is 33.0. The average Bonchev–Trinajstić information content (AvgIpc) is 3.33. The van der Waals surface area contributed by atoms with Gasteiger partial charge in [-0.25, -0.2) is 0 Å². The molecule has 0 aliphatic rings. The predicted octanol–water partition coefficient (Wildman–Crippen LogP) is 18.6. The van der Waals surface area contributed by atoms with E-state index in [1.165, 1.54) is 238 Å². The van der Waals surface area contributed by atoms with Gasteiger partial charge in [0.25, 0.3) is 0 Å². The SMILES string of the molecule is CCC/C=C\C/C=C\CCCCCCCC(=O)OCCCCCCCCCCCCCCCCCC(=O)NC(CO)C(O)CCCCCCCCCCCCCCCCCCCCCCCC. The van der Waals surface area contributed by atoms with Gasteiger partial charge in [-0.15, -0.1) is 0 Å². The number of hydrogen-bond acceptors (Lipinski definition) is 5. The third-order valence-electron chi connectivity index (χ3n) is 14.0. The topological polar surface area (TPSA) is 95.9 Å². The van der Waals surface area contributed by atoms with Crippen molar-refractivity contribution in [3.05, 3.63) is 24.3 Å². The highest BCUT2D eigenvalue weighted by molar-refractivity contribution is 5.76. The molecule has 6 heteroatoms. The van der Waals surface area contributed by atoms with Crippen LogP contribution in [0.15, 0.2) is 24.3 Å². The van der Waals surface area contributed by atoms with Crippen molar-refractivity contribution in [1.82, 2.24) is 5.32 Å². The van der Waals surface area contributed by atoms with E-state index < -0.39 is 12.1 Å². The zero-order valence-electron chi connectivity index (χ0n) is 45.1. The maximum absolute atomic E-state index is 12.5. The Labute approximate surface area is 418 Å². The first-order valence-corrected chi connectivity index (χ1v) is 30.1. The van der Waals surface area contributed by atoms with E-state index in [9.17, 15) is 19.8 Å². The Kier molecular flexibility index (Phi) is 55.5. The van der Waals surface area contributed by atoms with Crippen molar-refractivity contribution in [1.29, 1.82) is 0 Å². The van der Waals surface area contributed by atoms with Gasteiger partial charge in [-0.1, -0.05) is 289 Å². The zero-order chi connectivity index (χ0) is 48.6.